The number of unbranched alkanes of at least 4 members (excludes halogenated alkanes) is 14. The van der Waals surface area contributed by atoms with Crippen molar-refractivity contribution in [3.8, 4) is 0 Å². The van der Waals surface area contributed by atoms with E-state index in [1.807, 2.05) is 0 Å². The molecule has 1 amide bonds. The summed E-state index contributed by atoms with van der Waals surface area (Å²) in [5, 5.41) is 0. The molecule has 0 heterocycles. The third kappa shape index (κ3) is 18.8. The minimum atomic E-state index is -0.153. The number of primary amides is 1. The highest BCUT2D eigenvalue weighted by Gasteiger charge is 2.24. The molecule has 3 nitrogen and oxygen atoms in total. The Balaban J connectivity index is 0. The first kappa shape index (κ1) is 36.1. The van der Waals surface area contributed by atoms with Gasteiger partial charge in [0.1, 0.15) is 0 Å². The maximum Gasteiger partial charge on any atom is 0.217 e. The third-order valence-electron chi connectivity index (χ3n) is 7.22. The second kappa shape index (κ2) is 24.6. The van der Waals surface area contributed by atoms with E-state index >= 15 is 0 Å². The van der Waals surface area contributed by atoms with Crippen molar-refractivity contribution in [2.75, 3.05) is 0 Å². The molecule has 0 aliphatic rings. The van der Waals surface area contributed by atoms with Crippen LogP contribution in [0.25, 0.3) is 0 Å². The van der Waals surface area contributed by atoms with Gasteiger partial charge in [0.15, 0.2) is 0 Å². The molecule has 0 saturated heterocycles. The fourth-order valence-corrected chi connectivity index (χ4v) is 4.62. The first-order valence-corrected chi connectivity index (χ1v) is 14.6. The summed E-state index contributed by atoms with van der Waals surface area (Å²) < 4.78 is 0. The molecule has 0 atom stereocenters. The van der Waals surface area contributed by atoms with Crippen molar-refractivity contribution < 1.29 is 4.79 Å². The van der Waals surface area contributed by atoms with Crippen LogP contribution in [0, 0.1) is 0 Å². The van der Waals surface area contributed by atoms with Gasteiger partial charge in [-0.25, -0.2) is 0 Å². The summed E-state index contributed by atoms with van der Waals surface area (Å²) in [5.74, 6) is -0.153. The van der Waals surface area contributed by atoms with Crippen molar-refractivity contribution >= 4 is 18.3 Å². The van der Waals surface area contributed by atoms with Crippen molar-refractivity contribution in [1.29, 1.82) is 0 Å². The second-order valence-electron chi connectivity index (χ2n) is 10.0. The van der Waals surface area contributed by atoms with Crippen molar-refractivity contribution in [3.05, 3.63) is 35.4 Å². The fourth-order valence-electron chi connectivity index (χ4n) is 4.62. The van der Waals surface area contributed by atoms with Gasteiger partial charge in [0, 0.05) is 12.0 Å². The molecule has 1 aromatic rings. The van der Waals surface area contributed by atoms with Gasteiger partial charge in [0.25, 0.3) is 0 Å². The molecule has 0 fully saturated rings. The highest BCUT2D eigenvalue weighted by molar-refractivity contribution is 5.85. The molecule has 4 N–H and O–H groups in total. The highest BCUT2D eigenvalue weighted by atomic mass is 35.5. The standard InChI is InChI=1S/C18H37NO.C13H21N.ClH/c1-2-3-4-5-6-7-8-9-10-11-12-13-14-15-16-17-18(19)20;1-4-11-9-7-8-10-12(11)13(14,5-2)6-3;/h2-17H2,1H3,(H2,19,20);7-10H,4-6,14H2,1-3H3;1H. The van der Waals surface area contributed by atoms with Gasteiger partial charge in [-0.2, -0.15) is 0 Å². The van der Waals surface area contributed by atoms with Crippen molar-refractivity contribution in [2.24, 2.45) is 11.5 Å². The lowest BCUT2D eigenvalue weighted by Gasteiger charge is -2.29. The van der Waals surface area contributed by atoms with Gasteiger partial charge in [0.2, 0.25) is 5.91 Å². The molecule has 0 unspecified atom stereocenters. The van der Waals surface area contributed by atoms with Crippen LogP contribution in [0.1, 0.15) is 154 Å². The first-order chi connectivity index (χ1) is 16.4. The quantitative estimate of drug-likeness (QED) is 0.171. The zero-order valence-corrected chi connectivity index (χ0v) is 24.5. The maximum absolute atomic E-state index is 10.6. The van der Waals surface area contributed by atoms with Crippen LogP contribution in [0.5, 0.6) is 0 Å². The molecule has 35 heavy (non-hydrogen) atoms. The molecule has 0 bridgehead atoms. The number of carbonyl (C=O) groups excluding carboxylic acids is 1. The lowest BCUT2D eigenvalue weighted by Crippen LogP contribution is -2.36. The molecule has 0 aliphatic heterocycles. The summed E-state index contributed by atoms with van der Waals surface area (Å²) in [6.07, 6.45) is 23.9. The van der Waals surface area contributed by atoms with Crippen molar-refractivity contribution in [2.45, 2.75) is 155 Å². The number of carbonyl (C=O) groups is 1. The third-order valence-corrected chi connectivity index (χ3v) is 7.22. The zero-order valence-electron chi connectivity index (χ0n) is 23.7. The van der Waals surface area contributed by atoms with Gasteiger partial charge < -0.3 is 11.5 Å². The predicted molar refractivity (Wildman–Crippen MR) is 158 cm³/mol. The second-order valence-corrected chi connectivity index (χ2v) is 10.0. The molecule has 0 saturated carbocycles. The number of aryl methyl sites for hydroxylation is 1. The molecular formula is C31H59ClN2O. The number of hydrogen-bond acceptors (Lipinski definition) is 2. The number of amides is 1. The molecule has 206 valence electrons. The molecule has 0 aromatic heterocycles. The average molecular weight is 511 g/mol. The predicted octanol–water partition coefficient (Wildman–Crippen LogP) is 9.38. The van der Waals surface area contributed by atoms with Crippen LogP contribution in [0.3, 0.4) is 0 Å². The van der Waals surface area contributed by atoms with Gasteiger partial charge in [-0.1, -0.05) is 142 Å². The summed E-state index contributed by atoms with van der Waals surface area (Å²) in [6, 6.07) is 8.53. The zero-order chi connectivity index (χ0) is 25.5. The number of rotatable bonds is 20. The lowest BCUT2D eigenvalue weighted by molar-refractivity contribution is -0.118. The Hall–Kier alpha value is -1.06. The van der Waals surface area contributed by atoms with Crippen LogP contribution < -0.4 is 11.5 Å². The van der Waals surface area contributed by atoms with Crippen molar-refractivity contribution in [1.82, 2.24) is 0 Å². The molecule has 0 aliphatic carbocycles. The van der Waals surface area contributed by atoms with E-state index in [2.05, 4.69) is 52.0 Å². The minimum absolute atomic E-state index is 0. The van der Waals surface area contributed by atoms with Gasteiger partial charge in [0.05, 0.1) is 0 Å². The van der Waals surface area contributed by atoms with Crippen LogP contribution in [0.2, 0.25) is 0 Å². The summed E-state index contributed by atoms with van der Waals surface area (Å²) >= 11 is 0. The maximum atomic E-state index is 10.6. The van der Waals surface area contributed by atoms with Crippen LogP contribution in [-0.2, 0) is 16.8 Å². The normalized spacial score (nSPS) is 10.9. The molecule has 4 heteroatoms. The highest BCUT2D eigenvalue weighted by Crippen LogP contribution is 2.28. The number of benzene rings is 1. The van der Waals surface area contributed by atoms with E-state index in [0.717, 1.165) is 25.7 Å². The largest absolute Gasteiger partial charge is 0.370 e. The summed E-state index contributed by atoms with van der Waals surface area (Å²) in [5.41, 5.74) is 14.1. The van der Waals surface area contributed by atoms with E-state index in [4.69, 9.17) is 11.5 Å². The van der Waals surface area contributed by atoms with Gasteiger partial charge in [-0.3, -0.25) is 4.79 Å². The van der Waals surface area contributed by atoms with Crippen LogP contribution in [0.15, 0.2) is 24.3 Å². The molecule has 0 spiro atoms. The first-order valence-electron chi connectivity index (χ1n) is 14.6. The van der Waals surface area contributed by atoms with Gasteiger partial charge in [-0.05, 0) is 36.8 Å². The Morgan fingerprint density at radius 3 is 1.46 bits per heavy atom. The van der Waals surface area contributed by atoms with Crippen LogP contribution >= 0.6 is 12.4 Å². The summed E-state index contributed by atoms with van der Waals surface area (Å²) in [7, 11) is 0. The summed E-state index contributed by atoms with van der Waals surface area (Å²) in [4.78, 5) is 10.6. The number of nitrogens with two attached hydrogens (primary N) is 2. The monoisotopic (exact) mass is 510 g/mol. The summed E-state index contributed by atoms with van der Waals surface area (Å²) in [6.45, 7) is 8.79. The molecule has 1 rings (SSSR count). The fraction of sp³-hybridized carbons (Fsp3) is 0.774. The molecule has 1 aromatic carbocycles. The molecule has 0 radical (unpaired) electrons. The lowest BCUT2D eigenvalue weighted by atomic mass is 9.82. The van der Waals surface area contributed by atoms with E-state index in [0.29, 0.717) is 6.42 Å². The van der Waals surface area contributed by atoms with Crippen LogP contribution in [0.4, 0.5) is 0 Å². The topological polar surface area (TPSA) is 69.1 Å². The van der Waals surface area contributed by atoms with Crippen molar-refractivity contribution in [3.63, 3.8) is 0 Å². The van der Waals surface area contributed by atoms with E-state index in [-0.39, 0.29) is 23.9 Å². The SMILES string of the molecule is CCCCCCCCCCCCCCCCCC(N)=O.CCc1ccccc1C(N)(CC)CC.Cl. The number of hydrogen-bond donors (Lipinski definition) is 2. The Morgan fingerprint density at radius 2 is 1.09 bits per heavy atom. The number of halogens is 1. The van der Waals surface area contributed by atoms with E-state index in [1.165, 1.54) is 101 Å². The van der Waals surface area contributed by atoms with E-state index < -0.39 is 0 Å². The van der Waals surface area contributed by atoms with E-state index in [1.54, 1.807) is 0 Å². The van der Waals surface area contributed by atoms with Crippen LogP contribution in [-0.4, -0.2) is 5.91 Å². The smallest absolute Gasteiger partial charge is 0.217 e. The minimum Gasteiger partial charge on any atom is -0.370 e. The Labute approximate surface area is 225 Å². The Bertz CT molecular complexity index is 601. The van der Waals surface area contributed by atoms with E-state index in [9.17, 15) is 4.79 Å². The Morgan fingerprint density at radius 1 is 0.686 bits per heavy atom. The van der Waals surface area contributed by atoms with Gasteiger partial charge in [-0.15, -0.1) is 12.4 Å². The molecular weight excluding hydrogens is 452 g/mol. The Kier molecular flexibility index (Phi) is 25.4. The average Bonchev–Trinajstić information content (AvgIpc) is 2.86. The van der Waals surface area contributed by atoms with Gasteiger partial charge >= 0.3 is 0 Å².